The van der Waals surface area contributed by atoms with Crippen LogP contribution < -0.4 is 10.2 Å². The molecule has 2 amide bonds. The Morgan fingerprint density at radius 1 is 1.03 bits per heavy atom. The summed E-state index contributed by atoms with van der Waals surface area (Å²) in [6.45, 7) is 7.78. The zero-order valence-electron chi connectivity index (χ0n) is 20.2. The molecule has 2 aromatic rings. The van der Waals surface area contributed by atoms with Gasteiger partial charge in [-0.2, -0.15) is 0 Å². The highest BCUT2D eigenvalue weighted by Gasteiger charge is 2.43. The molecule has 7 nitrogen and oxygen atoms in total. The Labute approximate surface area is 217 Å². The lowest BCUT2D eigenvalue weighted by molar-refractivity contribution is -0.124. The first-order valence-electron chi connectivity index (χ1n) is 12.0. The minimum Gasteiger partial charge on any atom is -0.336 e. The number of nitrogens with one attached hydrogen (secondary N) is 1. The molecule has 0 aliphatic carbocycles. The molecule has 0 radical (unpaired) electrons. The van der Waals surface area contributed by atoms with E-state index in [0.29, 0.717) is 22.4 Å². The fraction of sp³-hybridized carbons (Fsp3) is 0.423. The van der Waals surface area contributed by atoms with Crippen LogP contribution >= 0.6 is 23.8 Å². The van der Waals surface area contributed by atoms with E-state index in [2.05, 4.69) is 22.2 Å². The van der Waals surface area contributed by atoms with Crippen LogP contribution in [-0.2, 0) is 9.59 Å². The summed E-state index contributed by atoms with van der Waals surface area (Å²) >= 11 is 11.7. The van der Waals surface area contributed by atoms with Crippen LogP contribution in [0.1, 0.15) is 18.4 Å². The maximum Gasteiger partial charge on any atom is 0.256 e. The molecule has 9 heteroatoms. The Hall–Kier alpha value is -2.52. The van der Waals surface area contributed by atoms with E-state index in [1.807, 2.05) is 36.1 Å². The molecule has 2 saturated heterocycles. The van der Waals surface area contributed by atoms with Gasteiger partial charge in [-0.3, -0.25) is 14.5 Å². The molecule has 1 unspecified atom stereocenters. The Morgan fingerprint density at radius 3 is 2.34 bits per heavy atom. The topological polar surface area (TPSA) is 59.1 Å². The monoisotopic (exact) mass is 513 g/mol. The summed E-state index contributed by atoms with van der Waals surface area (Å²) in [6.07, 6.45) is 0.895. The molecule has 4 rings (SSSR count). The van der Waals surface area contributed by atoms with Crippen LogP contribution in [0.5, 0.6) is 0 Å². The second kappa shape index (κ2) is 11.5. The van der Waals surface area contributed by atoms with E-state index in [4.69, 9.17) is 23.8 Å². The molecule has 2 aliphatic rings. The van der Waals surface area contributed by atoms with E-state index in [1.54, 1.807) is 29.2 Å². The molecule has 2 fully saturated rings. The smallest absolute Gasteiger partial charge is 0.256 e. The Balaban J connectivity index is 1.46. The van der Waals surface area contributed by atoms with Crippen molar-refractivity contribution in [1.29, 1.82) is 0 Å². The van der Waals surface area contributed by atoms with Gasteiger partial charge in [0.05, 0.1) is 12.1 Å². The second-order valence-corrected chi connectivity index (χ2v) is 10.1. The zero-order chi connectivity index (χ0) is 24.9. The number of rotatable bonds is 8. The molecule has 1 N–H and O–H groups in total. The van der Waals surface area contributed by atoms with E-state index in [0.717, 1.165) is 50.4 Å². The van der Waals surface area contributed by atoms with E-state index in [9.17, 15) is 9.59 Å². The van der Waals surface area contributed by atoms with Crippen LogP contribution in [0.4, 0.5) is 11.4 Å². The van der Waals surface area contributed by atoms with Crippen molar-refractivity contribution in [2.24, 2.45) is 0 Å². The van der Waals surface area contributed by atoms with Gasteiger partial charge < -0.3 is 20.0 Å². The quantitative estimate of drug-likeness (QED) is 0.544. The third-order valence-corrected chi connectivity index (χ3v) is 7.26. The summed E-state index contributed by atoms with van der Waals surface area (Å²) in [5.74, 6) is -0.395. The summed E-state index contributed by atoms with van der Waals surface area (Å²) in [7, 11) is 2.14. The van der Waals surface area contributed by atoms with Crippen molar-refractivity contribution in [3.05, 3.63) is 59.1 Å². The molecular weight excluding hydrogens is 482 g/mol. The SMILES string of the molecule is Cc1ccc(N2C(=O)C(CC(=O)Nc3ccc(Cl)cc3)N(CCCN3CCN(C)CC3)C2=S)cc1. The van der Waals surface area contributed by atoms with Gasteiger partial charge in [-0.15, -0.1) is 0 Å². The van der Waals surface area contributed by atoms with E-state index in [1.165, 1.54) is 0 Å². The second-order valence-electron chi connectivity index (χ2n) is 9.26. The van der Waals surface area contributed by atoms with Gasteiger partial charge in [-0.25, -0.2) is 0 Å². The van der Waals surface area contributed by atoms with Crippen LogP contribution in [-0.4, -0.2) is 84.0 Å². The highest BCUT2D eigenvalue weighted by Crippen LogP contribution is 2.28. The fourth-order valence-corrected chi connectivity index (χ4v) is 5.02. The van der Waals surface area contributed by atoms with Crippen LogP contribution in [0, 0.1) is 6.92 Å². The predicted octanol–water partition coefficient (Wildman–Crippen LogP) is 3.62. The number of nitrogens with zero attached hydrogens (tertiary/aromatic N) is 4. The van der Waals surface area contributed by atoms with Gasteiger partial charge >= 0.3 is 0 Å². The van der Waals surface area contributed by atoms with Gasteiger partial charge in [0.2, 0.25) is 5.91 Å². The molecule has 2 aromatic carbocycles. The number of piperazine rings is 1. The highest BCUT2D eigenvalue weighted by molar-refractivity contribution is 7.80. The standard InChI is InChI=1S/C26H32ClN5O2S/c1-19-4-10-22(11-5-19)32-25(34)23(18-24(33)28-21-8-6-20(27)7-9-21)31(26(32)35)13-3-12-30-16-14-29(2)15-17-30/h4-11,23H,3,12-18H2,1-2H3,(H,28,33). The third kappa shape index (κ3) is 6.38. The fourth-order valence-electron chi connectivity index (χ4n) is 4.48. The Morgan fingerprint density at radius 2 is 1.69 bits per heavy atom. The molecule has 0 spiro atoms. The molecule has 2 heterocycles. The van der Waals surface area contributed by atoms with Gasteiger partial charge in [-0.05, 0) is 75.6 Å². The van der Waals surface area contributed by atoms with Crippen molar-refractivity contribution < 1.29 is 9.59 Å². The number of thiocarbonyl (C=S) groups is 1. The van der Waals surface area contributed by atoms with Gasteiger partial charge in [0.25, 0.3) is 5.91 Å². The lowest BCUT2D eigenvalue weighted by Gasteiger charge is -2.33. The van der Waals surface area contributed by atoms with Crippen LogP contribution in [0.15, 0.2) is 48.5 Å². The number of amides is 2. The molecule has 1 atom stereocenters. The lowest BCUT2D eigenvalue weighted by Crippen LogP contribution is -2.45. The van der Waals surface area contributed by atoms with Crippen molar-refractivity contribution in [3.8, 4) is 0 Å². The summed E-state index contributed by atoms with van der Waals surface area (Å²) < 4.78 is 0. The molecule has 2 aliphatic heterocycles. The third-order valence-electron chi connectivity index (χ3n) is 6.59. The lowest BCUT2D eigenvalue weighted by atomic mass is 10.1. The van der Waals surface area contributed by atoms with E-state index >= 15 is 0 Å². The number of hydrogen-bond acceptors (Lipinski definition) is 5. The van der Waals surface area contributed by atoms with Crippen LogP contribution in [0.2, 0.25) is 5.02 Å². The minimum atomic E-state index is -0.636. The van der Waals surface area contributed by atoms with Crippen molar-refractivity contribution >= 4 is 52.1 Å². The van der Waals surface area contributed by atoms with Crippen LogP contribution in [0.25, 0.3) is 0 Å². The zero-order valence-corrected chi connectivity index (χ0v) is 21.8. The first kappa shape index (κ1) is 25.6. The van der Waals surface area contributed by atoms with E-state index in [-0.39, 0.29) is 18.2 Å². The summed E-state index contributed by atoms with van der Waals surface area (Å²) in [6, 6.07) is 14.0. The normalized spacial score (nSPS) is 19.5. The van der Waals surface area contributed by atoms with Gasteiger partial charge in [0, 0.05) is 43.4 Å². The van der Waals surface area contributed by atoms with Crippen molar-refractivity contribution in [3.63, 3.8) is 0 Å². The summed E-state index contributed by atoms with van der Waals surface area (Å²) in [5.41, 5.74) is 2.48. The van der Waals surface area contributed by atoms with Crippen molar-refractivity contribution in [2.75, 3.05) is 56.5 Å². The van der Waals surface area contributed by atoms with Crippen molar-refractivity contribution in [2.45, 2.75) is 25.8 Å². The van der Waals surface area contributed by atoms with Crippen LogP contribution in [0.3, 0.4) is 0 Å². The molecule has 35 heavy (non-hydrogen) atoms. The first-order valence-corrected chi connectivity index (χ1v) is 12.8. The number of aryl methyl sites for hydroxylation is 1. The number of hydrogen-bond donors (Lipinski definition) is 1. The first-order chi connectivity index (χ1) is 16.8. The molecule has 186 valence electrons. The largest absolute Gasteiger partial charge is 0.336 e. The Kier molecular flexibility index (Phi) is 8.38. The van der Waals surface area contributed by atoms with Crippen molar-refractivity contribution in [1.82, 2.24) is 14.7 Å². The number of carbonyl (C=O) groups is 2. The summed E-state index contributed by atoms with van der Waals surface area (Å²) in [5, 5.41) is 3.93. The number of anilines is 2. The maximum atomic E-state index is 13.5. The van der Waals surface area contributed by atoms with E-state index < -0.39 is 6.04 Å². The number of halogens is 1. The van der Waals surface area contributed by atoms with Gasteiger partial charge in [0.1, 0.15) is 6.04 Å². The van der Waals surface area contributed by atoms with Gasteiger partial charge in [0.15, 0.2) is 5.11 Å². The average Bonchev–Trinajstić information content (AvgIpc) is 3.06. The molecular formula is C26H32ClN5O2S. The molecule has 0 aromatic heterocycles. The Bertz CT molecular complexity index is 1050. The van der Waals surface area contributed by atoms with Gasteiger partial charge in [-0.1, -0.05) is 29.3 Å². The number of carbonyl (C=O) groups excluding carboxylic acids is 2. The minimum absolute atomic E-state index is 0.0263. The average molecular weight is 514 g/mol. The maximum absolute atomic E-state index is 13.5. The molecule has 0 bridgehead atoms. The summed E-state index contributed by atoms with van der Waals surface area (Å²) in [4.78, 5) is 34.7. The number of likely N-dealkylation sites (N-methyl/N-ethyl adjacent to an activating group) is 1. The predicted molar refractivity (Wildman–Crippen MR) is 145 cm³/mol. The highest BCUT2D eigenvalue weighted by atomic mass is 35.5. The number of benzene rings is 2. The molecule has 0 saturated carbocycles.